The molecule has 5 heteroatoms. The van der Waals surface area contributed by atoms with Gasteiger partial charge in [0.1, 0.15) is 0 Å². The second-order valence-corrected chi connectivity index (χ2v) is 10.2. The Labute approximate surface area is 159 Å². The van der Waals surface area contributed by atoms with Crippen molar-refractivity contribution < 1.29 is 9.59 Å². The summed E-state index contributed by atoms with van der Waals surface area (Å²) in [5.41, 5.74) is -0.0438. The first-order valence-electron chi connectivity index (χ1n) is 10.2. The molecule has 0 atom stereocenters. The quantitative estimate of drug-likeness (QED) is 0.818. The summed E-state index contributed by atoms with van der Waals surface area (Å²) in [6.07, 6.45) is 8.02. The highest BCUT2D eigenvalue weighted by Gasteiger charge is 2.55. The molecule has 4 nitrogen and oxygen atoms in total. The van der Waals surface area contributed by atoms with E-state index in [-0.39, 0.29) is 11.3 Å². The summed E-state index contributed by atoms with van der Waals surface area (Å²) in [7, 11) is 0. The van der Waals surface area contributed by atoms with Crippen LogP contribution in [0.15, 0.2) is 17.5 Å². The highest BCUT2D eigenvalue weighted by Crippen LogP contribution is 2.60. The lowest BCUT2D eigenvalue weighted by molar-refractivity contribution is -0.160. The van der Waals surface area contributed by atoms with Gasteiger partial charge in [-0.1, -0.05) is 6.07 Å². The molecule has 0 aromatic carbocycles. The van der Waals surface area contributed by atoms with Crippen molar-refractivity contribution in [1.29, 1.82) is 0 Å². The van der Waals surface area contributed by atoms with Crippen molar-refractivity contribution in [3.8, 4) is 0 Å². The molecule has 4 saturated carbocycles. The maximum atomic E-state index is 13.4. The van der Waals surface area contributed by atoms with Gasteiger partial charge >= 0.3 is 0 Å². The Morgan fingerprint density at radius 2 is 1.54 bits per heavy atom. The van der Waals surface area contributed by atoms with Crippen LogP contribution in [0.5, 0.6) is 0 Å². The summed E-state index contributed by atoms with van der Waals surface area (Å²) in [4.78, 5) is 31.1. The molecule has 2 amide bonds. The summed E-state index contributed by atoms with van der Waals surface area (Å²) in [6, 6.07) is 4.02. The van der Waals surface area contributed by atoms with E-state index in [2.05, 4.69) is 4.90 Å². The molecule has 4 aliphatic carbocycles. The van der Waals surface area contributed by atoms with Crippen molar-refractivity contribution in [2.24, 2.45) is 23.2 Å². The maximum Gasteiger partial charge on any atom is 0.228 e. The Morgan fingerprint density at radius 3 is 2.08 bits per heavy atom. The van der Waals surface area contributed by atoms with Crippen LogP contribution in [0, 0.1) is 23.2 Å². The number of nitrogens with zero attached hydrogens (tertiary/aromatic N) is 2. The van der Waals surface area contributed by atoms with Gasteiger partial charge in [-0.3, -0.25) is 9.59 Å². The van der Waals surface area contributed by atoms with Gasteiger partial charge in [0.25, 0.3) is 0 Å². The number of rotatable bonds is 3. The van der Waals surface area contributed by atoms with Crippen molar-refractivity contribution in [2.75, 3.05) is 26.2 Å². The molecular weight excluding hydrogens is 344 g/mol. The van der Waals surface area contributed by atoms with E-state index in [0.717, 1.165) is 55.0 Å². The van der Waals surface area contributed by atoms with E-state index >= 15 is 0 Å². The fraction of sp³-hybridized carbons (Fsp3) is 0.714. The maximum absolute atomic E-state index is 13.4. The topological polar surface area (TPSA) is 40.6 Å². The standard InChI is InChI=1S/C21H28N2O2S/c24-19(11-18-2-1-7-26-18)22-3-5-23(6-4-22)20(25)21-12-15-8-16(13-21)10-17(9-15)14-21/h1-2,7,15-17H,3-6,8-14H2. The van der Waals surface area contributed by atoms with Crippen LogP contribution in [-0.2, 0) is 16.0 Å². The van der Waals surface area contributed by atoms with Gasteiger partial charge in [0.2, 0.25) is 11.8 Å². The van der Waals surface area contributed by atoms with Crippen molar-refractivity contribution in [3.63, 3.8) is 0 Å². The lowest BCUT2D eigenvalue weighted by Gasteiger charge is -2.57. The number of amides is 2. The third-order valence-electron chi connectivity index (χ3n) is 7.32. The summed E-state index contributed by atoms with van der Waals surface area (Å²) >= 11 is 1.64. The largest absolute Gasteiger partial charge is 0.339 e. The van der Waals surface area contributed by atoms with E-state index in [1.807, 2.05) is 22.4 Å². The van der Waals surface area contributed by atoms with Crippen molar-refractivity contribution in [3.05, 3.63) is 22.4 Å². The van der Waals surface area contributed by atoms with Crippen LogP contribution in [0.4, 0.5) is 0 Å². The smallest absolute Gasteiger partial charge is 0.228 e. The summed E-state index contributed by atoms with van der Waals surface area (Å²) < 4.78 is 0. The fourth-order valence-electron chi connectivity index (χ4n) is 6.54. The van der Waals surface area contributed by atoms with E-state index in [0.29, 0.717) is 25.4 Å². The monoisotopic (exact) mass is 372 g/mol. The first-order valence-corrected chi connectivity index (χ1v) is 11.1. The zero-order valence-corrected chi connectivity index (χ0v) is 16.2. The van der Waals surface area contributed by atoms with Gasteiger partial charge in [0.05, 0.1) is 11.8 Å². The van der Waals surface area contributed by atoms with Crippen LogP contribution in [0.1, 0.15) is 43.4 Å². The highest BCUT2D eigenvalue weighted by molar-refractivity contribution is 7.10. The third kappa shape index (κ3) is 2.88. The minimum atomic E-state index is -0.0438. The average Bonchev–Trinajstić information content (AvgIpc) is 3.13. The Balaban J connectivity index is 1.20. The van der Waals surface area contributed by atoms with Gasteiger partial charge in [-0.2, -0.15) is 0 Å². The van der Waals surface area contributed by atoms with Gasteiger partial charge in [-0.25, -0.2) is 0 Å². The van der Waals surface area contributed by atoms with Gasteiger partial charge in [0.15, 0.2) is 0 Å². The predicted octanol–water partition coefficient (Wildman–Crippen LogP) is 3.18. The highest BCUT2D eigenvalue weighted by atomic mass is 32.1. The second kappa shape index (κ2) is 6.36. The van der Waals surface area contributed by atoms with Crippen LogP contribution < -0.4 is 0 Å². The number of hydrogen-bond donors (Lipinski definition) is 0. The van der Waals surface area contributed by atoms with E-state index in [1.54, 1.807) is 11.3 Å². The molecule has 1 aliphatic heterocycles. The van der Waals surface area contributed by atoms with Crippen LogP contribution in [0.3, 0.4) is 0 Å². The molecule has 0 unspecified atom stereocenters. The molecule has 5 fully saturated rings. The molecule has 6 rings (SSSR count). The number of piperazine rings is 1. The Kier molecular flexibility index (Phi) is 4.11. The summed E-state index contributed by atoms with van der Waals surface area (Å²) in [5, 5.41) is 2.02. The molecule has 0 spiro atoms. The molecule has 2 heterocycles. The molecule has 1 saturated heterocycles. The Morgan fingerprint density at radius 1 is 0.962 bits per heavy atom. The lowest BCUT2D eigenvalue weighted by atomic mass is 9.49. The van der Waals surface area contributed by atoms with E-state index in [1.165, 1.54) is 19.3 Å². The fourth-order valence-corrected chi connectivity index (χ4v) is 7.24. The molecule has 0 N–H and O–H groups in total. The normalized spacial score (nSPS) is 35.8. The van der Waals surface area contributed by atoms with Crippen LogP contribution in [0.2, 0.25) is 0 Å². The lowest BCUT2D eigenvalue weighted by Crippen LogP contribution is -2.58. The third-order valence-corrected chi connectivity index (χ3v) is 8.19. The van der Waals surface area contributed by atoms with Crippen LogP contribution in [0.25, 0.3) is 0 Å². The van der Waals surface area contributed by atoms with E-state index in [9.17, 15) is 9.59 Å². The summed E-state index contributed by atoms with van der Waals surface area (Å²) in [6.45, 7) is 2.83. The second-order valence-electron chi connectivity index (χ2n) is 9.13. The molecule has 1 aromatic heterocycles. The van der Waals surface area contributed by atoms with Gasteiger partial charge < -0.3 is 9.80 Å². The van der Waals surface area contributed by atoms with Crippen LogP contribution in [-0.4, -0.2) is 47.8 Å². The van der Waals surface area contributed by atoms with E-state index < -0.39 is 0 Å². The first-order chi connectivity index (χ1) is 12.6. The van der Waals surface area contributed by atoms with Crippen LogP contribution >= 0.6 is 11.3 Å². The number of thiophene rings is 1. The molecule has 0 radical (unpaired) electrons. The minimum absolute atomic E-state index is 0.0438. The Hall–Kier alpha value is -1.36. The van der Waals surface area contributed by atoms with E-state index in [4.69, 9.17) is 0 Å². The van der Waals surface area contributed by atoms with Gasteiger partial charge in [0, 0.05) is 31.1 Å². The zero-order valence-electron chi connectivity index (χ0n) is 15.4. The average molecular weight is 373 g/mol. The molecule has 140 valence electrons. The number of hydrogen-bond acceptors (Lipinski definition) is 3. The molecular formula is C21H28N2O2S. The minimum Gasteiger partial charge on any atom is -0.339 e. The molecule has 1 aromatic rings. The molecule has 5 aliphatic rings. The first kappa shape index (κ1) is 16.8. The summed E-state index contributed by atoms with van der Waals surface area (Å²) in [5.74, 6) is 3.04. The zero-order chi connectivity index (χ0) is 17.7. The van der Waals surface area contributed by atoms with Crippen molar-refractivity contribution in [2.45, 2.75) is 44.9 Å². The number of carbonyl (C=O) groups excluding carboxylic acids is 2. The molecule has 26 heavy (non-hydrogen) atoms. The van der Waals surface area contributed by atoms with Crippen molar-refractivity contribution >= 4 is 23.2 Å². The molecule has 4 bridgehead atoms. The SMILES string of the molecule is O=C(Cc1cccs1)N1CCN(C(=O)C23CC4CC(CC(C4)C2)C3)CC1. The van der Waals surface area contributed by atoms with Gasteiger partial charge in [-0.15, -0.1) is 11.3 Å². The number of carbonyl (C=O) groups is 2. The van der Waals surface area contributed by atoms with Gasteiger partial charge in [-0.05, 0) is 67.7 Å². The predicted molar refractivity (Wildman–Crippen MR) is 102 cm³/mol. The van der Waals surface area contributed by atoms with Crippen molar-refractivity contribution in [1.82, 2.24) is 9.80 Å². The Bertz CT molecular complexity index is 656.